The van der Waals surface area contributed by atoms with Crippen LogP contribution in [0.1, 0.15) is 38.0 Å². The van der Waals surface area contributed by atoms with Gasteiger partial charge in [0.15, 0.2) is 0 Å². The maximum absolute atomic E-state index is 9.70. The summed E-state index contributed by atoms with van der Waals surface area (Å²) >= 11 is 0. The van der Waals surface area contributed by atoms with Gasteiger partial charge in [-0.3, -0.25) is 0 Å². The Hall–Kier alpha value is -1.46. The zero-order chi connectivity index (χ0) is 13.2. The number of anilines is 1. The van der Waals surface area contributed by atoms with Crippen LogP contribution < -0.4 is 4.90 Å². The molecule has 0 spiro atoms. The van der Waals surface area contributed by atoms with E-state index in [2.05, 4.69) is 31.6 Å². The first-order chi connectivity index (χ1) is 7.77. The Morgan fingerprint density at radius 1 is 1.29 bits per heavy atom. The van der Waals surface area contributed by atoms with Gasteiger partial charge in [-0.15, -0.1) is 6.42 Å². The van der Waals surface area contributed by atoms with E-state index in [0.29, 0.717) is 0 Å². The molecule has 0 saturated heterocycles. The molecule has 2 nitrogen and oxygen atoms in total. The van der Waals surface area contributed by atoms with Gasteiger partial charge < -0.3 is 10.0 Å². The second-order valence-electron chi connectivity index (χ2n) is 5.49. The third-order valence-corrected chi connectivity index (χ3v) is 2.78. The molecular formula is C15H21NO. The minimum absolute atomic E-state index is 0.0178. The lowest BCUT2D eigenvalue weighted by Gasteiger charge is -2.27. The number of aliphatic hydroxyl groups is 1. The van der Waals surface area contributed by atoms with E-state index in [4.69, 9.17) is 6.42 Å². The summed E-state index contributed by atoms with van der Waals surface area (Å²) in [5.74, 6) is 2.35. The molecule has 0 saturated carbocycles. The van der Waals surface area contributed by atoms with Crippen molar-refractivity contribution in [3.05, 3.63) is 29.3 Å². The molecule has 1 rings (SSSR count). The van der Waals surface area contributed by atoms with Crippen LogP contribution >= 0.6 is 0 Å². The highest BCUT2D eigenvalue weighted by atomic mass is 16.3. The van der Waals surface area contributed by atoms with Crippen molar-refractivity contribution in [2.75, 3.05) is 19.0 Å². The van der Waals surface area contributed by atoms with E-state index in [1.807, 2.05) is 32.3 Å². The van der Waals surface area contributed by atoms with Gasteiger partial charge in [-0.1, -0.05) is 32.8 Å². The number of hydrogen-bond acceptors (Lipinski definition) is 2. The Labute approximate surface area is 104 Å². The predicted molar refractivity (Wildman–Crippen MR) is 73.3 cm³/mol. The average molecular weight is 231 g/mol. The van der Waals surface area contributed by atoms with Crippen LogP contribution in [-0.4, -0.2) is 19.2 Å². The van der Waals surface area contributed by atoms with Crippen molar-refractivity contribution in [1.29, 1.82) is 0 Å². The summed E-state index contributed by atoms with van der Waals surface area (Å²) < 4.78 is 0. The van der Waals surface area contributed by atoms with Gasteiger partial charge >= 0.3 is 0 Å². The Balaban J connectivity index is 3.36. The summed E-state index contributed by atoms with van der Waals surface area (Å²) in [6.07, 6.45) is 4.42. The van der Waals surface area contributed by atoms with Crippen LogP contribution in [0.4, 0.5) is 5.69 Å². The van der Waals surface area contributed by atoms with E-state index < -0.39 is 6.10 Å². The number of hydrogen-bond donors (Lipinski definition) is 1. The van der Waals surface area contributed by atoms with Crippen LogP contribution in [-0.2, 0) is 5.41 Å². The quantitative estimate of drug-likeness (QED) is 0.791. The number of nitrogens with zero attached hydrogens (tertiary/aromatic N) is 1. The first-order valence-corrected chi connectivity index (χ1v) is 5.73. The Bertz CT molecular complexity index is 435. The van der Waals surface area contributed by atoms with E-state index in [0.717, 1.165) is 11.3 Å². The van der Waals surface area contributed by atoms with Crippen molar-refractivity contribution in [2.45, 2.75) is 32.3 Å². The summed E-state index contributed by atoms with van der Waals surface area (Å²) in [5, 5.41) is 9.70. The van der Waals surface area contributed by atoms with Crippen molar-refractivity contribution in [1.82, 2.24) is 0 Å². The summed E-state index contributed by atoms with van der Waals surface area (Å²) in [6, 6.07) is 5.89. The van der Waals surface area contributed by atoms with Crippen LogP contribution in [0, 0.1) is 12.3 Å². The molecule has 1 unspecified atom stereocenters. The molecule has 0 aliphatic rings. The lowest BCUT2D eigenvalue weighted by molar-refractivity contribution is 0.238. The van der Waals surface area contributed by atoms with Crippen LogP contribution in [0.15, 0.2) is 18.2 Å². The molecule has 1 atom stereocenters. The van der Waals surface area contributed by atoms with Gasteiger partial charge in [-0.25, -0.2) is 0 Å². The number of benzene rings is 1. The van der Waals surface area contributed by atoms with Crippen molar-refractivity contribution in [3.8, 4) is 12.3 Å². The fourth-order valence-corrected chi connectivity index (χ4v) is 1.81. The minimum Gasteiger partial charge on any atom is -0.377 e. The maximum atomic E-state index is 9.70. The van der Waals surface area contributed by atoms with Crippen molar-refractivity contribution < 1.29 is 5.11 Å². The molecule has 0 fully saturated rings. The zero-order valence-electron chi connectivity index (χ0n) is 11.3. The van der Waals surface area contributed by atoms with Crippen LogP contribution in [0.5, 0.6) is 0 Å². The third kappa shape index (κ3) is 3.01. The SMILES string of the molecule is C#CC(O)c1ccc(N(C)C)c(C(C)(C)C)c1. The number of rotatable bonds is 2. The van der Waals surface area contributed by atoms with Crippen LogP contribution in [0.2, 0.25) is 0 Å². The smallest absolute Gasteiger partial charge is 0.139 e. The summed E-state index contributed by atoms with van der Waals surface area (Å²) in [5.41, 5.74) is 3.15. The zero-order valence-corrected chi connectivity index (χ0v) is 11.3. The molecule has 92 valence electrons. The van der Waals surface area contributed by atoms with Gasteiger partial charge in [0.05, 0.1) is 0 Å². The fourth-order valence-electron chi connectivity index (χ4n) is 1.81. The lowest BCUT2D eigenvalue weighted by atomic mass is 9.84. The monoisotopic (exact) mass is 231 g/mol. The van der Waals surface area contributed by atoms with E-state index >= 15 is 0 Å². The van der Waals surface area contributed by atoms with Crippen LogP contribution in [0.25, 0.3) is 0 Å². The molecule has 0 aliphatic heterocycles. The van der Waals surface area contributed by atoms with E-state index in [-0.39, 0.29) is 5.41 Å². The molecule has 0 heterocycles. The van der Waals surface area contributed by atoms with Crippen molar-refractivity contribution in [3.63, 3.8) is 0 Å². The summed E-state index contributed by atoms with van der Waals surface area (Å²) in [6.45, 7) is 6.46. The summed E-state index contributed by atoms with van der Waals surface area (Å²) in [4.78, 5) is 2.08. The highest BCUT2D eigenvalue weighted by Gasteiger charge is 2.20. The number of terminal acetylenes is 1. The molecule has 1 N–H and O–H groups in total. The third-order valence-electron chi connectivity index (χ3n) is 2.78. The predicted octanol–water partition coefficient (Wildman–Crippen LogP) is 2.72. The number of aliphatic hydroxyl groups excluding tert-OH is 1. The first kappa shape index (κ1) is 13.6. The fraction of sp³-hybridized carbons (Fsp3) is 0.467. The Morgan fingerprint density at radius 3 is 2.29 bits per heavy atom. The van der Waals surface area contributed by atoms with Gasteiger partial charge in [0, 0.05) is 19.8 Å². The van der Waals surface area contributed by atoms with Gasteiger partial charge in [-0.2, -0.15) is 0 Å². The van der Waals surface area contributed by atoms with Gasteiger partial charge in [0.25, 0.3) is 0 Å². The topological polar surface area (TPSA) is 23.5 Å². The average Bonchev–Trinajstić information content (AvgIpc) is 2.25. The molecule has 0 bridgehead atoms. The normalized spacial score (nSPS) is 13.0. The molecule has 2 heteroatoms. The highest BCUT2D eigenvalue weighted by molar-refractivity contribution is 5.57. The van der Waals surface area contributed by atoms with Crippen molar-refractivity contribution in [2.24, 2.45) is 0 Å². The molecule has 1 aromatic rings. The second-order valence-corrected chi connectivity index (χ2v) is 5.49. The van der Waals surface area contributed by atoms with E-state index in [9.17, 15) is 5.11 Å². The van der Waals surface area contributed by atoms with E-state index in [1.165, 1.54) is 5.56 Å². The molecule has 0 aliphatic carbocycles. The van der Waals surface area contributed by atoms with Gasteiger partial charge in [0.2, 0.25) is 0 Å². The standard InChI is InChI=1S/C15H21NO/c1-7-14(17)11-8-9-13(16(5)6)12(10-11)15(2,3)4/h1,8-10,14,17H,2-6H3. The maximum Gasteiger partial charge on any atom is 0.139 e. The minimum atomic E-state index is -0.827. The van der Waals surface area contributed by atoms with E-state index in [1.54, 1.807) is 0 Å². The Kier molecular flexibility index (Phi) is 3.85. The molecule has 1 aromatic carbocycles. The van der Waals surface area contributed by atoms with Gasteiger partial charge in [0.1, 0.15) is 6.10 Å². The van der Waals surface area contributed by atoms with Gasteiger partial charge in [-0.05, 0) is 28.7 Å². The molecule has 0 radical (unpaired) electrons. The highest BCUT2D eigenvalue weighted by Crippen LogP contribution is 2.33. The van der Waals surface area contributed by atoms with Crippen molar-refractivity contribution >= 4 is 5.69 Å². The Morgan fingerprint density at radius 2 is 1.88 bits per heavy atom. The molecule has 0 aromatic heterocycles. The van der Waals surface area contributed by atoms with Crippen LogP contribution in [0.3, 0.4) is 0 Å². The molecule has 17 heavy (non-hydrogen) atoms. The lowest BCUT2D eigenvalue weighted by Crippen LogP contribution is -2.19. The second kappa shape index (κ2) is 4.81. The summed E-state index contributed by atoms with van der Waals surface area (Å²) in [7, 11) is 4.03. The first-order valence-electron chi connectivity index (χ1n) is 5.73. The largest absolute Gasteiger partial charge is 0.377 e. The molecule has 0 amide bonds. The molecular weight excluding hydrogens is 210 g/mol.